The number of ether oxygens (including phenoxy) is 1. The van der Waals surface area contributed by atoms with Crippen LogP contribution in [0.5, 0.6) is 0 Å². The lowest BCUT2D eigenvalue weighted by atomic mass is 10.1. The van der Waals surface area contributed by atoms with Crippen LogP contribution in [0.2, 0.25) is 37.8 Å². The minimum Gasteiger partial charge on any atom is -0.414 e. The molecule has 2 atom stereocenters. The van der Waals surface area contributed by atoms with Crippen LogP contribution in [0, 0.1) is 0 Å². The maximum absolute atomic E-state index is 6.28. The van der Waals surface area contributed by atoms with Crippen molar-refractivity contribution < 1.29 is 9.16 Å². The summed E-state index contributed by atoms with van der Waals surface area (Å²) in [5.41, 5.74) is 2.39. The second-order valence-electron chi connectivity index (χ2n) is 9.10. The van der Waals surface area contributed by atoms with Crippen molar-refractivity contribution in [2.24, 2.45) is 4.66 Å². The molecule has 1 aliphatic rings. The lowest BCUT2D eigenvalue weighted by Gasteiger charge is -2.36. The Morgan fingerprint density at radius 3 is 2.09 bits per heavy atom. The molecule has 0 bridgehead atoms. The van der Waals surface area contributed by atoms with Crippen LogP contribution in [0.1, 0.15) is 34.6 Å². The zero-order chi connectivity index (χ0) is 17.3. The maximum Gasteiger partial charge on any atom is 0.192 e. The molecule has 1 fully saturated rings. The van der Waals surface area contributed by atoms with Crippen LogP contribution in [-0.4, -0.2) is 41.1 Å². The predicted molar refractivity (Wildman–Crippen MR) is 102 cm³/mol. The van der Waals surface area contributed by atoms with E-state index in [-0.39, 0.29) is 17.2 Å². The Morgan fingerprint density at radius 1 is 1.14 bits per heavy atom. The molecule has 1 rings (SSSR count). The summed E-state index contributed by atoms with van der Waals surface area (Å²) in [6, 6.07) is 0. The van der Waals surface area contributed by atoms with E-state index in [1.165, 1.54) is 5.57 Å². The maximum atomic E-state index is 6.28. The third kappa shape index (κ3) is 6.10. The van der Waals surface area contributed by atoms with Crippen molar-refractivity contribution in [1.29, 1.82) is 0 Å². The summed E-state index contributed by atoms with van der Waals surface area (Å²) in [7, 11) is -3.20. The standard InChI is InChI=1S/C17H35NO2Si2/c1-13(2)11-14(18-21(6,7)8)16-15(20-16)12-19-22(9,10)17(3,4)5/h11,15-16H,12H2,1-10H3/b18-14+/t15-,16-/m0/s1. The molecule has 0 spiro atoms. The molecule has 128 valence electrons. The Kier molecular flexibility index (Phi) is 6.04. The molecule has 1 aliphatic heterocycles. The molecule has 0 saturated carbocycles. The van der Waals surface area contributed by atoms with Gasteiger partial charge in [0.15, 0.2) is 16.6 Å². The molecule has 0 radical (unpaired) electrons. The number of allylic oxidation sites excluding steroid dienone is 1. The fourth-order valence-electron chi connectivity index (χ4n) is 1.90. The number of hydrogen-bond acceptors (Lipinski definition) is 3. The number of rotatable bonds is 6. The molecule has 22 heavy (non-hydrogen) atoms. The molecule has 1 saturated heterocycles. The highest BCUT2D eigenvalue weighted by Crippen LogP contribution is 2.38. The first-order chi connectivity index (χ1) is 9.73. The van der Waals surface area contributed by atoms with Gasteiger partial charge in [-0.25, -0.2) is 0 Å². The van der Waals surface area contributed by atoms with Gasteiger partial charge in [-0.05, 0) is 57.7 Å². The third-order valence-corrected chi connectivity index (χ3v) is 9.62. The van der Waals surface area contributed by atoms with E-state index < -0.39 is 16.6 Å². The molecular formula is C17H35NO2Si2. The highest BCUT2D eigenvalue weighted by atomic mass is 28.4. The zero-order valence-electron chi connectivity index (χ0n) is 16.2. The van der Waals surface area contributed by atoms with E-state index in [4.69, 9.17) is 13.8 Å². The van der Waals surface area contributed by atoms with Gasteiger partial charge in [0, 0.05) is 0 Å². The van der Waals surface area contributed by atoms with Gasteiger partial charge in [-0.1, -0.05) is 26.3 Å². The molecule has 5 heteroatoms. The number of hydrogen-bond donors (Lipinski definition) is 0. The lowest BCUT2D eigenvalue weighted by Crippen LogP contribution is -2.41. The van der Waals surface area contributed by atoms with Crippen molar-refractivity contribution in [2.45, 2.75) is 84.6 Å². The van der Waals surface area contributed by atoms with Gasteiger partial charge in [-0.2, -0.15) is 0 Å². The van der Waals surface area contributed by atoms with Crippen molar-refractivity contribution >= 4 is 22.3 Å². The molecular weight excluding hydrogens is 306 g/mol. The SMILES string of the molecule is CC(C)=C/C(=N\[Si](C)(C)C)[C@@H]1O[C@H]1CO[Si](C)(C)C(C)(C)C. The van der Waals surface area contributed by atoms with Gasteiger partial charge < -0.3 is 13.8 Å². The molecule has 1 heterocycles. The first kappa shape index (κ1) is 19.8. The van der Waals surface area contributed by atoms with Gasteiger partial charge in [0.1, 0.15) is 12.2 Å². The number of nitrogens with zero attached hydrogens (tertiary/aromatic N) is 1. The molecule has 0 aliphatic carbocycles. The second-order valence-corrected chi connectivity index (χ2v) is 18.5. The molecule has 0 aromatic heterocycles. The normalized spacial score (nSPS) is 23.5. The second kappa shape index (κ2) is 6.71. The molecule has 3 nitrogen and oxygen atoms in total. The molecule has 0 N–H and O–H groups in total. The van der Waals surface area contributed by atoms with E-state index in [0.29, 0.717) is 6.61 Å². The van der Waals surface area contributed by atoms with Gasteiger partial charge in [-0.15, -0.1) is 0 Å². The zero-order valence-corrected chi connectivity index (χ0v) is 18.2. The quantitative estimate of drug-likeness (QED) is 0.386. The molecule has 0 amide bonds. The van der Waals surface area contributed by atoms with Crippen LogP contribution in [0.3, 0.4) is 0 Å². The Morgan fingerprint density at radius 2 is 1.68 bits per heavy atom. The summed E-state index contributed by atoms with van der Waals surface area (Å²) < 4.78 is 17.1. The average molecular weight is 342 g/mol. The van der Waals surface area contributed by atoms with Gasteiger partial charge in [0.25, 0.3) is 0 Å². The predicted octanol–water partition coefficient (Wildman–Crippen LogP) is 5.02. The van der Waals surface area contributed by atoms with Crippen molar-refractivity contribution in [3.63, 3.8) is 0 Å². The van der Waals surface area contributed by atoms with Gasteiger partial charge in [0.05, 0.1) is 12.3 Å². The van der Waals surface area contributed by atoms with Crippen LogP contribution < -0.4 is 0 Å². The third-order valence-electron chi connectivity index (χ3n) is 4.19. The summed E-state index contributed by atoms with van der Waals surface area (Å²) in [5, 5.41) is 0.243. The average Bonchev–Trinajstić information content (AvgIpc) is 3.00. The van der Waals surface area contributed by atoms with Crippen molar-refractivity contribution in [3.05, 3.63) is 11.6 Å². The van der Waals surface area contributed by atoms with Crippen molar-refractivity contribution in [1.82, 2.24) is 0 Å². The van der Waals surface area contributed by atoms with E-state index in [9.17, 15) is 0 Å². The summed E-state index contributed by atoms with van der Waals surface area (Å²) in [5.74, 6) is 0. The highest BCUT2D eigenvalue weighted by molar-refractivity contribution is 6.75. The monoisotopic (exact) mass is 341 g/mol. The number of epoxide rings is 1. The minimum atomic E-state index is -1.70. The Balaban J connectivity index is 2.70. The minimum absolute atomic E-state index is 0.131. The fraction of sp³-hybridized carbons (Fsp3) is 0.824. The first-order valence-corrected chi connectivity index (χ1v) is 14.6. The van der Waals surface area contributed by atoms with Crippen LogP contribution in [-0.2, 0) is 9.16 Å². The highest BCUT2D eigenvalue weighted by Gasteiger charge is 2.45. The molecule has 0 unspecified atom stereocenters. The first-order valence-electron chi connectivity index (χ1n) is 8.27. The van der Waals surface area contributed by atoms with Crippen LogP contribution >= 0.6 is 0 Å². The van der Waals surface area contributed by atoms with Crippen molar-refractivity contribution in [2.75, 3.05) is 6.61 Å². The topological polar surface area (TPSA) is 34.1 Å². The van der Waals surface area contributed by atoms with E-state index in [2.05, 4.69) is 73.4 Å². The fourth-order valence-corrected chi connectivity index (χ4v) is 3.88. The van der Waals surface area contributed by atoms with Crippen LogP contribution in [0.4, 0.5) is 0 Å². The van der Waals surface area contributed by atoms with Gasteiger partial charge >= 0.3 is 0 Å². The van der Waals surface area contributed by atoms with E-state index in [1.807, 2.05) is 0 Å². The van der Waals surface area contributed by atoms with E-state index in [1.54, 1.807) is 0 Å². The smallest absolute Gasteiger partial charge is 0.192 e. The summed E-state index contributed by atoms with van der Waals surface area (Å²) >= 11 is 0. The van der Waals surface area contributed by atoms with Gasteiger partial charge in [-0.3, -0.25) is 0 Å². The van der Waals surface area contributed by atoms with E-state index >= 15 is 0 Å². The summed E-state index contributed by atoms with van der Waals surface area (Å²) in [6.45, 7) is 23.1. The van der Waals surface area contributed by atoms with Crippen LogP contribution in [0.25, 0.3) is 0 Å². The molecule has 0 aromatic rings. The Bertz CT molecular complexity index is 452. The molecule has 0 aromatic carbocycles. The largest absolute Gasteiger partial charge is 0.414 e. The summed E-state index contributed by atoms with van der Waals surface area (Å²) in [6.07, 6.45) is 2.49. The van der Waals surface area contributed by atoms with Crippen LogP contribution in [0.15, 0.2) is 16.3 Å². The Hall–Kier alpha value is -0.236. The van der Waals surface area contributed by atoms with E-state index in [0.717, 1.165) is 5.71 Å². The summed E-state index contributed by atoms with van der Waals surface area (Å²) in [4.78, 5) is 0. The Labute approximate surface area is 139 Å². The van der Waals surface area contributed by atoms with Crippen molar-refractivity contribution in [3.8, 4) is 0 Å². The lowest BCUT2D eigenvalue weighted by molar-refractivity contribution is 0.243. The van der Waals surface area contributed by atoms with Gasteiger partial charge in [0.2, 0.25) is 0 Å².